The predicted molar refractivity (Wildman–Crippen MR) is 77.1 cm³/mol. The lowest BCUT2D eigenvalue weighted by Crippen LogP contribution is -2.24. The molecule has 1 heterocycles. The maximum absolute atomic E-state index is 11.5. The molecule has 0 atom stereocenters. The second-order valence-corrected chi connectivity index (χ2v) is 4.60. The van der Waals surface area contributed by atoms with Gasteiger partial charge in [0, 0.05) is 5.56 Å². The van der Waals surface area contributed by atoms with Crippen LogP contribution in [-0.4, -0.2) is 22.1 Å². The normalized spacial score (nSPS) is 10.6. The monoisotopic (exact) mass is 272 g/mol. The molecule has 0 saturated carbocycles. The lowest BCUT2D eigenvalue weighted by Gasteiger charge is -2.10. The Bertz CT molecular complexity index is 674. The third kappa shape index (κ3) is 3.03. The molecule has 0 amide bonds. The fourth-order valence-electron chi connectivity index (χ4n) is 1.73. The van der Waals surface area contributed by atoms with E-state index in [1.807, 2.05) is 38.1 Å². The number of rotatable bonds is 4. The van der Waals surface area contributed by atoms with E-state index in [1.165, 1.54) is 6.07 Å². The molecule has 104 valence electrons. The number of H-pyrrole nitrogens is 1. The van der Waals surface area contributed by atoms with Crippen molar-refractivity contribution in [3.63, 3.8) is 0 Å². The molecule has 0 bridgehead atoms. The van der Waals surface area contributed by atoms with Crippen molar-refractivity contribution in [2.24, 2.45) is 5.73 Å². The molecule has 6 nitrogen and oxygen atoms in total. The third-order valence-corrected chi connectivity index (χ3v) is 2.62. The standard InChI is InChI=1S/C14H16N4O2/c1-8(2)20-10-5-3-9(4-6-10)12-7-11(13(15)16)14(19)18-17-12/h3-8H,1-2H3,(H3,15,16)(H,18,19). The van der Waals surface area contributed by atoms with Gasteiger partial charge >= 0.3 is 0 Å². The van der Waals surface area contributed by atoms with Crippen molar-refractivity contribution in [1.82, 2.24) is 10.2 Å². The van der Waals surface area contributed by atoms with E-state index in [-0.39, 0.29) is 17.5 Å². The lowest BCUT2D eigenvalue weighted by atomic mass is 10.1. The number of aromatic nitrogens is 2. The highest BCUT2D eigenvalue weighted by Crippen LogP contribution is 2.20. The van der Waals surface area contributed by atoms with Crippen LogP contribution in [0.3, 0.4) is 0 Å². The van der Waals surface area contributed by atoms with Crippen molar-refractivity contribution < 1.29 is 4.74 Å². The zero-order valence-electron chi connectivity index (χ0n) is 11.3. The molecule has 4 N–H and O–H groups in total. The minimum Gasteiger partial charge on any atom is -0.491 e. The summed E-state index contributed by atoms with van der Waals surface area (Å²) in [5, 5.41) is 13.6. The summed E-state index contributed by atoms with van der Waals surface area (Å²) >= 11 is 0. The van der Waals surface area contributed by atoms with E-state index in [4.69, 9.17) is 15.9 Å². The SMILES string of the molecule is CC(C)Oc1ccc(-c2cc(C(=N)N)c(=O)[nH]n2)cc1. The van der Waals surface area contributed by atoms with Gasteiger partial charge in [0.2, 0.25) is 0 Å². The second-order valence-electron chi connectivity index (χ2n) is 4.60. The van der Waals surface area contributed by atoms with Gasteiger partial charge < -0.3 is 10.5 Å². The highest BCUT2D eigenvalue weighted by molar-refractivity contribution is 5.95. The zero-order chi connectivity index (χ0) is 14.7. The summed E-state index contributed by atoms with van der Waals surface area (Å²) in [6.45, 7) is 3.91. The number of ether oxygens (including phenoxy) is 1. The van der Waals surface area contributed by atoms with Crippen LogP contribution in [0.15, 0.2) is 35.1 Å². The maximum Gasteiger partial charge on any atom is 0.275 e. The van der Waals surface area contributed by atoms with E-state index in [2.05, 4.69) is 10.2 Å². The Morgan fingerprint density at radius 2 is 2.00 bits per heavy atom. The van der Waals surface area contributed by atoms with Gasteiger partial charge in [0.05, 0.1) is 17.4 Å². The molecule has 1 aromatic heterocycles. The largest absolute Gasteiger partial charge is 0.491 e. The molecular weight excluding hydrogens is 256 g/mol. The number of hydrogen-bond donors (Lipinski definition) is 3. The summed E-state index contributed by atoms with van der Waals surface area (Å²) in [7, 11) is 0. The molecule has 0 spiro atoms. The van der Waals surface area contributed by atoms with Crippen LogP contribution >= 0.6 is 0 Å². The number of nitrogens with zero attached hydrogens (tertiary/aromatic N) is 1. The summed E-state index contributed by atoms with van der Waals surface area (Å²) in [6, 6.07) is 8.83. The number of nitrogens with one attached hydrogen (secondary N) is 2. The van der Waals surface area contributed by atoms with E-state index in [1.54, 1.807) is 0 Å². The molecule has 2 aromatic rings. The number of nitrogen functional groups attached to an aromatic ring is 1. The first-order chi connectivity index (χ1) is 9.47. The molecule has 6 heteroatoms. The van der Waals surface area contributed by atoms with Gasteiger partial charge in [0.25, 0.3) is 5.56 Å². The lowest BCUT2D eigenvalue weighted by molar-refractivity contribution is 0.242. The summed E-state index contributed by atoms with van der Waals surface area (Å²) in [5.74, 6) is 0.481. The molecule has 0 aliphatic carbocycles. The van der Waals surface area contributed by atoms with Crippen LogP contribution in [0.5, 0.6) is 5.75 Å². The maximum atomic E-state index is 11.5. The van der Waals surface area contributed by atoms with Gasteiger partial charge in [-0.05, 0) is 44.2 Å². The Labute approximate surface area is 116 Å². The Morgan fingerprint density at radius 3 is 2.55 bits per heavy atom. The van der Waals surface area contributed by atoms with Gasteiger partial charge in [-0.3, -0.25) is 10.2 Å². The van der Waals surface area contributed by atoms with Crippen LogP contribution in [0.2, 0.25) is 0 Å². The number of aromatic amines is 1. The van der Waals surface area contributed by atoms with Crippen molar-refractivity contribution in [1.29, 1.82) is 5.41 Å². The first-order valence-corrected chi connectivity index (χ1v) is 6.18. The molecule has 0 radical (unpaired) electrons. The quantitative estimate of drug-likeness (QED) is 0.579. The minimum atomic E-state index is -0.471. The van der Waals surface area contributed by atoms with Crippen LogP contribution in [-0.2, 0) is 0 Å². The predicted octanol–water partition coefficient (Wildman–Crippen LogP) is 1.51. The minimum absolute atomic E-state index is 0.108. The van der Waals surface area contributed by atoms with Gasteiger partial charge in [-0.25, -0.2) is 5.10 Å². The molecule has 0 unspecified atom stereocenters. The zero-order valence-corrected chi connectivity index (χ0v) is 11.3. The van der Waals surface area contributed by atoms with Crippen molar-refractivity contribution in [2.45, 2.75) is 20.0 Å². The van der Waals surface area contributed by atoms with Gasteiger partial charge in [-0.1, -0.05) is 0 Å². The molecule has 0 aliphatic rings. The summed E-state index contributed by atoms with van der Waals surface area (Å²) in [6.07, 6.45) is 0.108. The molecular formula is C14H16N4O2. The second kappa shape index (κ2) is 5.56. The molecule has 20 heavy (non-hydrogen) atoms. The number of nitrogens with two attached hydrogens (primary N) is 1. The van der Waals surface area contributed by atoms with E-state index in [0.29, 0.717) is 5.69 Å². The van der Waals surface area contributed by atoms with Crippen LogP contribution in [0.1, 0.15) is 19.4 Å². The van der Waals surface area contributed by atoms with Crippen LogP contribution < -0.4 is 16.0 Å². The van der Waals surface area contributed by atoms with Crippen LogP contribution in [0.25, 0.3) is 11.3 Å². The molecule has 0 fully saturated rings. The Kier molecular flexibility index (Phi) is 3.84. The third-order valence-electron chi connectivity index (χ3n) is 2.62. The van der Waals surface area contributed by atoms with E-state index in [0.717, 1.165) is 11.3 Å². The average molecular weight is 272 g/mol. The summed E-state index contributed by atoms with van der Waals surface area (Å²) < 4.78 is 5.55. The molecule has 2 rings (SSSR count). The van der Waals surface area contributed by atoms with E-state index < -0.39 is 5.56 Å². The number of hydrogen-bond acceptors (Lipinski definition) is 4. The van der Waals surface area contributed by atoms with Crippen molar-refractivity contribution >= 4 is 5.84 Å². The molecule has 0 saturated heterocycles. The average Bonchev–Trinajstić information content (AvgIpc) is 2.39. The topological polar surface area (TPSA) is 105 Å². The molecule has 0 aliphatic heterocycles. The highest BCUT2D eigenvalue weighted by Gasteiger charge is 2.08. The Balaban J connectivity index is 2.34. The van der Waals surface area contributed by atoms with Crippen molar-refractivity contribution in [3.05, 3.63) is 46.2 Å². The summed E-state index contributed by atoms with van der Waals surface area (Å²) in [5.41, 5.74) is 6.35. The van der Waals surface area contributed by atoms with Gasteiger partial charge in [0.15, 0.2) is 0 Å². The number of amidine groups is 1. The van der Waals surface area contributed by atoms with Crippen molar-refractivity contribution in [2.75, 3.05) is 0 Å². The van der Waals surface area contributed by atoms with Crippen molar-refractivity contribution in [3.8, 4) is 17.0 Å². The fraction of sp³-hybridized carbons (Fsp3) is 0.214. The van der Waals surface area contributed by atoms with Gasteiger partial charge in [-0.15, -0.1) is 0 Å². The number of benzene rings is 1. The Morgan fingerprint density at radius 1 is 1.35 bits per heavy atom. The van der Waals surface area contributed by atoms with Gasteiger partial charge in [-0.2, -0.15) is 5.10 Å². The van der Waals surface area contributed by atoms with Gasteiger partial charge in [0.1, 0.15) is 11.6 Å². The first kappa shape index (κ1) is 13.8. The first-order valence-electron chi connectivity index (χ1n) is 6.18. The summed E-state index contributed by atoms with van der Waals surface area (Å²) in [4.78, 5) is 11.5. The van der Waals surface area contributed by atoms with Crippen LogP contribution in [0.4, 0.5) is 0 Å². The van der Waals surface area contributed by atoms with Crippen LogP contribution in [0, 0.1) is 5.41 Å². The highest BCUT2D eigenvalue weighted by atomic mass is 16.5. The fourth-order valence-corrected chi connectivity index (χ4v) is 1.73. The smallest absolute Gasteiger partial charge is 0.275 e. The van der Waals surface area contributed by atoms with E-state index in [9.17, 15) is 4.79 Å². The van der Waals surface area contributed by atoms with E-state index >= 15 is 0 Å². The Hall–Kier alpha value is -2.63. The molecule has 1 aromatic carbocycles.